The number of methoxy groups -OCH3 is 1. The number of carbonyl (C=O) groups excluding carboxylic acids is 2. The Morgan fingerprint density at radius 2 is 1.80 bits per heavy atom. The van der Waals surface area contributed by atoms with Gasteiger partial charge < -0.3 is 20.5 Å². The lowest BCUT2D eigenvalue weighted by Crippen LogP contribution is -2.23. The van der Waals surface area contributed by atoms with Gasteiger partial charge in [-0.3, -0.25) is 9.69 Å². The van der Waals surface area contributed by atoms with Crippen molar-refractivity contribution in [1.29, 1.82) is 0 Å². The summed E-state index contributed by atoms with van der Waals surface area (Å²) in [4.78, 5) is 30.6. The summed E-state index contributed by atoms with van der Waals surface area (Å²) in [6.07, 6.45) is -0.259. The Labute approximate surface area is 234 Å². The SMILES string of the molecule is COc1cc(N2CCOC2=O)ccc1-c1nc2ccc(-c3ccc(NC(=O)Cc4ccc(F)cc4)cc3)c(N)n2n1. The number of fused-ring (bicyclic) bond motifs is 1. The number of hydrogen-bond donors (Lipinski definition) is 2. The van der Waals surface area contributed by atoms with E-state index in [9.17, 15) is 14.0 Å². The lowest BCUT2D eigenvalue weighted by molar-refractivity contribution is -0.115. The summed E-state index contributed by atoms with van der Waals surface area (Å²) in [5.41, 5.74) is 11.3. The highest BCUT2D eigenvalue weighted by molar-refractivity contribution is 5.93. The van der Waals surface area contributed by atoms with Crippen LogP contribution in [-0.2, 0) is 16.0 Å². The van der Waals surface area contributed by atoms with E-state index < -0.39 is 6.09 Å². The minimum Gasteiger partial charge on any atom is -0.496 e. The third-order valence-electron chi connectivity index (χ3n) is 6.79. The number of hydrogen-bond acceptors (Lipinski definition) is 7. The fourth-order valence-electron chi connectivity index (χ4n) is 4.71. The van der Waals surface area contributed by atoms with Gasteiger partial charge in [0.2, 0.25) is 5.91 Å². The first-order chi connectivity index (χ1) is 19.9. The number of pyridine rings is 1. The van der Waals surface area contributed by atoms with Crippen LogP contribution in [-0.4, -0.2) is 46.9 Å². The van der Waals surface area contributed by atoms with Crippen molar-refractivity contribution in [3.8, 4) is 28.3 Å². The number of ether oxygens (including phenoxy) is 2. The number of nitrogens with two attached hydrogens (primary N) is 1. The third-order valence-corrected chi connectivity index (χ3v) is 6.79. The van der Waals surface area contributed by atoms with E-state index in [2.05, 4.69) is 15.4 Å². The summed E-state index contributed by atoms with van der Waals surface area (Å²) in [7, 11) is 1.54. The molecule has 0 saturated carbocycles. The molecule has 2 aromatic heterocycles. The highest BCUT2D eigenvalue weighted by Crippen LogP contribution is 2.34. The number of anilines is 3. The van der Waals surface area contributed by atoms with Crippen LogP contribution in [0.5, 0.6) is 5.75 Å². The molecule has 1 fully saturated rings. The fourth-order valence-corrected chi connectivity index (χ4v) is 4.71. The monoisotopic (exact) mass is 552 g/mol. The second-order valence-corrected chi connectivity index (χ2v) is 9.42. The minimum atomic E-state index is -0.397. The molecule has 2 amide bonds. The Morgan fingerprint density at radius 3 is 2.51 bits per heavy atom. The number of halogens is 1. The van der Waals surface area contributed by atoms with Crippen LogP contribution in [0.2, 0.25) is 0 Å². The largest absolute Gasteiger partial charge is 0.496 e. The second-order valence-electron chi connectivity index (χ2n) is 9.42. The first-order valence-corrected chi connectivity index (χ1v) is 12.8. The average Bonchev–Trinajstić information content (AvgIpc) is 3.61. The molecule has 206 valence electrons. The number of nitrogens with one attached hydrogen (secondary N) is 1. The first kappa shape index (κ1) is 25.8. The van der Waals surface area contributed by atoms with Gasteiger partial charge in [-0.05, 0) is 59.7 Å². The summed E-state index contributed by atoms with van der Waals surface area (Å²) < 4.78 is 25.3. The van der Waals surface area contributed by atoms with Gasteiger partial charge in [0.1, 0.15) is 24.0 Å². The molecule has 10 nitrogen and oxygen atoms in total. The van der Waals surface area contributed by atoms with Gasteiger partial charge in [-0.25, -0.2) is 14.2 Å². The molecular formula is C30H25FN6O4. The van der Waals surface area contributed by atoms with Crippen LogP contribution in [0.25, 0.3) is 28.2 Å². The topological polar surface area (TPSA) is 124 Å². The van der Waals surface area contributed by atoms with Crippen molar-refractivity contribution >= 4 is 34.8 Å². The molecule has 6 rings (SSSR count). The molecule has 0 aliphatic carbocycles. The molecule has 0 spiro atoms. The molecule has 1 aliphatic rings. The molecule has 0 unspecified atom stereocenters. The summed E-state index contributed by atoms with van der Waals surface area (Å²) >= 11 is 0. The van der Waals surface area contributed by atoms with Gasteiger partial charge in [0.05, 0.1) is 31.3 Å². The maximum Gasteiger partial charge on any atom is 0.414 e. The van der Waals surface area contributed by atoms with Gasteiger partial charge in [-0.15, -0.1) is 5.10 Å². The quantitative estimate of drug-likeness (QED) is 0.293. The predicted molar refractivity (Wildman–Crippen MR) is 152 cm³/mol. The fraction of sp³-hybridized carbons (Fsp3) is 0.133. The van der Waals surface area contributed by atoms with E-state index in [0.29, 0.717) is 53.1 Å². The normalized spacial score (nSPS) is 12.9. The van der Waals surface area contributed by atoms with Crippen LogP contribution in [0, 0.1) is 5.82 Å². The third kappa shape index (κ3) is 5.12. The number of carbonyl (C=O) groups is 2. The van der Waals surface area contributed by atoms with E-state index in [4.69, 9.17) is 15.2 Å². The van der Waals surface area contributed by atoms with Crippen molar-refractivity contribution in [1.82, 2.24) is 14.6 Å². The molecule has 1 aliphatic heterocycles. The van der Waals surface area contributed by atoms with Crippen LogP contribution in [0.15, 0.2) is 78.9 Å². The van der Waals surface area contributed by atoms with Gasteiger partial charge >= 0.3 is 6.09 Å². The molecule has 41 heavy (non-hydrogen) atoms. The van der Waals surface area contributed by atoms with Gasteiger partial charge in [-0.1, -0.05) is 24.3 Å². The number of rotatable bonds is 7. The zero-order chi connectivity index (χ0) is 28.5. The summed E-state index contributed by atoms with van der Waals surface area (Å²) in [6, 6.07) is 22.2. The van der Waals surface area contributed by atoms with E-state index in [-0.39, 0.29) is 18.1 Å². The number of aromatic nitrogens is 3. The zero-order valence-corrected chi connectivity index (χ0v) is 22.0. The Balaban J connectivity index is 1.22. The smallest absolute Gasteiger partial charge is 0.414 e. The first-order valence-electron chi connectivity index (χ1n) is 12.8. The Bertz CT molecular complexity index is 1770. The van der Waals surface area contributed by atoms with Gasteiger partial charge in [-0.2, -0.15) is 4.52 Å². The van der Waals surface area contributed by atoms with E-state index in [0.717, 1.165) is 16.7 Å². The molecule has 3 N–H and O–H groups in total. The van der Waals surface area contributed by atoms with Crippen molar-refractivity contribution in [2.24, 2.45) is 0 Å². The number of benzene rings is 3. The van der Waals surface area contributed by atoms with E-state index in [1.807, 2.05) is 24.3 Å². The van der Waals surface area contributed by atoms with Crippen LogP contribution in [0.4, 0.5) is 26.4 Å². The molecule has 3 heterocycles. The number of amides is 2. The van der Waals surface area contributed by atoms with Crippen molar-refractivity contribution in [2.75, 3.05) is 36.2 Å². The predicted octanol–water partition coefficient (Wildman–Crippen LogP) is 4.93. The zero-order valence-electron chi connectivity index (χ0n) is 22.0. The van der Waals surface area contributed by atoms with Gasteiger partial charge in [0.25, 0.3) is 0 Å². The molecule has 1 saturated heterocycles. The second kappa shape index (κ2) is 10.6. The lowest BCUT2D eigenvalue weighted by atomic mass is 10.1. The molecule has 0 radical (unpaired) electrons. The van der Waals surface area contributed by atoms with Crippen molar-refractivity contribution in [3.05, 3.63) is 90.2 Å². The van der Waals surface area contributed by atoms with E-state index in [1.165, 1.54) is 17.0 Å². The summed E-state index contributed by atoms with van der Waals surface area (Å²) in [5.74, 6) is 0.772. The molecule has 0 bridgehead atoms. The van der Waals surface area contributed by atoms with Crippen LogP contribution >= 0.6 is 0 Å². The van der Waals surface area contributed by atoms with E-state index >= 15 is 0 Å². The van der Waals surface area contributed by atoms with Crippen molar-refractivity contribution in [2.45, 2.75) is 6.42 Å². The highest BCUT2D eigenvalue weighted by Gasteiger charge is 2.25. The standard InChI is InChI=1S/C30H25FN6O4/c1-40-25-17-22(36-14-15-41-30(36)39)10-11-24(25)29-34-26-13-12-23(28(32)37(26)35-29)19-4-8-21(9-5-19)33-27(38)16-18-2-6-20(31)7-3-18/h2-13,17H,14-16,32H2,1H3,(H,33,38). The van der Waals surface area contributed by atoms with Crippen LogP contribution in [0.3, 0.4) is 0 Å². The number of nitrogen functional groups attached to an aromatic ring is 1. The Kier molecular flexibility index (Phi) is 6.68. The number of cyclic esters (lactones) is 1. The number of nitrogens with zero attached hydrogens (tertiary/aromatic N) is 4. The molecule has 3 aromatic carbocycles. The molecule has 5 aromatic rings. The van der Waals surface area contributed by atoms with Crippen LogP contribution in [0.1, 0.15) is 5.56 Å². The van der Waals surface area contributed by atoms with Gasteiger partial charge in [0, 0.05) is 17.3 Å². The van der Waals surface area contributed by atoms with Crippen LogP contribution < -0.4 is 20.7 Å². The average molecular weight is 553 g/mol. The Morgan fingerprint density at radius 1 is 1.05 bits per heavy atom. The Hall–Kier alpha value is -5.45. The molecule has 0 atom stereocenters. The molecule has 11 heteroatoms. The van der Waals surface area contributed by atoms with E-state index in [1.54, 1.807) is 54.1 Å². The lowest BCUT2D eigenvalue weighted by Gasteiger charge is -2.15. The minimum absolute atomic E-state index is 0.137. The molecular weight excluding hydrogens is 527 g/mol. The van der Waals surface area contributed by atoms with Crippen molar-refractivity contribution < 1.29 is 23.5 Å². The van der Waals surface area contributed by atoms with Gasteiger partial charge in [0.15, 0.2) is 11.5 Å². The van der Waals surface area contributed by atoms with Crippen molar-refractivity contribution in [3.63, 3.8) is 0 Å². The highest BCUT2D eigenvalue weighted by atomic mass is 19.1. The summed E-state index contributed by atoms with van der Waals surface area (Å²) in [6.45, 7) is 0.810. The maximum absolute atomic E-state index is 13.1. The maximum atomic E-state index is 13.1. The summed E-state index contributed by atoms with van der Waals surface area (Å²) in [5, 5.41) is 7.49.